The molecule has 0 aromatic heterocycles. The SMILES string of the molecule is CCC(OP(OC(CC)N(C)C)OC(CC)N(C)C)N(C)C. The van der Waals surface area contributed by atoms with E-state index < -0.39 is 8.60 Å². The molecule has 0 bridgehead atoms. The van der Waals surface area contributed by atoms with Crippen LogP contribution in [0.4, 0.5) is 0 Å². The minimum Gasteiger partial charge on any atom is -0.293 e. The van der Waals surface area contributed by atoms with E-state index in [1.54, 1.807) is 0 Å². The van der Waals surface area contributed by atoms with Gasteiger partial charge in [0.15, 0.2) is 0 Å². The third-order valence-corrected chi connectivity index (χ3v) is 4.65. The molecule has 22 heavy (non-hydrogen) atoms. The van der Waals surface area contributed by atoms with E-state index in [4.69, 9.17) is 13.6 Å². The summed E-state index contributed by atoms with van der Waals surface area (Å²) in [6.07, 6.45) is 2.63. The van der Waals surface area contributed by atoms with Crippen LogP contribution in [0.1, 0.15) is 40.0 Å². The van der Waals surface area contributed by atoms with Gasteiger partial charge >= 0.3 is 8.60 Å². The monoisotopic (exact) mass is 337 g/mol. The normalized spacial score (nSPS) is 18.0. The Morgan fingerprint density at radius 2 is 0.818 bits per heavy atom. The molecule has 0 aliphatic carbocycles. The standard InChI is InChI=1S/C15H36N3O3P/c1-10-13(16(4)5)19-22(20-14(11-2)17(6)7)21-15(12-3)18(8)9/h13-15H,10-12H2,1-9H3. The van der Waals surface area contributed by atoms with Crippen molar-refractivity contribution in [3.63, 3.8) is 0 Å². The second-order valence-corrected chi connectivity index (χ2v) is 7.10. The molecule has 0 N–H and O–H groups in total. The Bertz CT molecular complexity index is 238. The van der Waals surface area contributed by atoms with E-state index in [-0.39, 0.29) is 18.7 Å². The van der Waals surface area contributed by atoms with E-state index in [9.17, 15) is 0 Å². The fourth-order valence-corrected chi connectivity index (χ4v) is 3.73. The summed E-state index contributed by atoms with van der Waals surface area (Å²) in [7, 11) is 10.6. The lowest BCUT2D eigenvalue weighted by Gasteiger charge is -2.34. The van der Waals surface area contributed by atoms with Gasteiger partial charge in [0.25, 0.3) is 0 Å². The first-order valence-corrected chi connectivity index (χ1v) is 9.15. The Hall–Kier alpha value is 0.190. The fourth-order valence-electron chi connectivity index (χ4n) is 1.97. The summed E-state index contributed by atoms with van der Waals surface area (Å²) in [6, 6.07) is 0. The van der Waals surface area contributed by atoms with E-state index in [1.807, 2.05) is 42.3 Å². The maximum Gasteiger partial charge on any atom is 0.337 e. The lowest BCUT2D eigenvalue weighted by Crippen LogP contribution is -2.34. The Morgan fingerprint density at radius 3 is 0.955 bits per heavy atom. The van der Waals surface area contributed by atoms with Gasteiger partial charge in [0, 0.05) is 0 Å². The number of rotatable bonds is 12. The molecule has 3 unspecified atom stereocenters. The van der Waals surface area contributed by atoms with Crippen LogP contribution in [0.25, 0.3) is 0 Å². The van der Waals surface area contributed by atoms with Crippen molar-refractivity contribution < 1.29 is 13.6 Å². The molecule has 0 heterocycles. The molecule has 0 spiro atoms. The van der Waals surface area contributed by atoms with Crippen molar-refractivity contribution in [3.05, 3.63) is 0 Å². The topological polar surface area (TPSA) is 37.4 Å². The molecule has 0 amide bonds. The molecule has 0 saturated heterocycles. The zero-order chi connectivity index (χ0) is 17.3. The van der Waals surface area contributed by atoms with Crippen molar-refractivity contribution in [2.24, 2.45) is 0 Å². The highest BCUT2D eigenvalue weighted by Crippen LogP contribution is 2.45. The fraction of sp³-hybridized carbons (Fsp3) is 1.00. The summed E-state index contributed by atoms with van der Waals surface area (Å²) in [5, 5.41) is 0. The summed E-state index contributed by atoms with van der Waals surface area (Å²) in [6.45, 7) is 6.31. The van der Waals surface area contributed by atoms with Gasteiger partial charge in [-0.2, -0.15) is 0 Å². The van der Waals surface area contributed by atoms with Crippen LogP contribution in [0.2, 0.25) is 0 Å². The average Bonchev–Trinajstić information content (AvgIpc) is 2.45. The molecule has 0 radical (unpaired) electrons. The summed E-state index contributed by atoms with van der Waals surface area (Å²) in [4.78, 5) is 6.15. The predicted octanol–water partition coefficient (Wildman–Crippen LogP) is 3.16. The highest BCUT2D eigenvalue weighted by Gasteiger charge is 2.28. The van der Waals surface area contributed by atoms with Crippen molar-refractivity contribution >= 4 is 8.60 Å². The predicted molar refractivity (Wildman–Crippen MR) is 93.5 cm³/mol. The second kappa shape index (κ2) is 11.7. The van der Waals surface area contributed by atoms with Crippen LogP contribution in [0.15, 0.2) is 0 Å². The molecule has 0 aromatic rings. The van der Waals surface area contributed by atoms with E-state index in [2.05, 4.69) is 35.5 Å². The van der Waals surface area contributed by atoms with Gasteiger partial charge in [-0.25, -0.2) is 0 Å². The van der Waals surface area contributed by atoms with E-state index >= 15 is 0 Å². The van der Waals surface area contributed by atoms with Gasteiger partial charge in [-0.05, 0) is 61.5 Å². The lowest BCUT2D eigenvalue weighted by atomic mass is 10.4. The van der Waals surface area contributed by atoms with E-state index in [1.165, 1.54) is 0 Å². The maximum atomic E-state index is 6.12. The molecule has 0 saturated carbocycles. The lowest BCUT2D eigenvalue weighted by molar-refractivity contribution is -0.0375. The van der Waals surface area contributed by atoms with Crippen LogP contribution in [-0.2, 0) is 13.6 Å². The van der Waals surface area contributed by atoms with Crippen molar-refractivity contribution in [1.82, 2.24) is 14.7 Å². The second-order valence-electron chi connectivity index (χ2n) is 6.02. The quantitative estimate of drug-likeness (QED) is 0.402. The summed E-state index contributed by atoms with van der Waals surface area (Å²) >= 11 is 0. The summed E-state index contributed by atoms with van der Waals surface area (Å²) < 4.78 is 18.4. The first kappa shape index (κ1) is 22.2. The largest absolute Gasteiger partial charge is 0.337 e. The van der Waals surface area contributed by atoms with Gasteiger partial charge in [-0.3, -0.25) is 28.3 Å². The average molecular weight is 337 g/mol. The van der Waals surface area contributed by atoms with Crippen LogP contribution in [0.3, 0.4) is 0 Å². The van der Waals surface area contributed by atoms with Crippen LogP contribution in [0, 0.1) is 0 Å². The highest BCUT2D eigenvalue weighted by atomic mass is 31.2. The highest BCUT2D eigenvalue weighted by molar-refractivity contribution is 7.41. The Morgan fingerprint density at radius 1 is 0.591 bits per heavy atom. The van der Waals surface area contributed by atoms with Gasteiger partial charge < -0.3 is 0 Å². The number of hydrogen-bond acceptors (Lipinski definition) is 6. The molecule has 0 aromatic carbocycles. The first-order chi connectivity index (χ1) is 10.3. The van der Waals surface area contributed by atoms with Crippen molar-refractivity contribution in [1.29, 1.82) is 0 Å². The minimum absolute atomic E-state index is 0.00884. The third-order valence-electron chi connectivity index (χ3n) is 3.40. The van der Waals surface area contributed by atoms with Crippen LogP contribution >= 0.6 is 8.60 Å². The molecule has 3 atom stereocenters. The molecule has 0 aliphatic heterocycles. The number of hydrogen-bond donors (Lipinski definition) is 0. The van der Waals surface area contributed by atoms with Gasteiger partial charge in [-0.15, -0.1) is 0 Å². The molecular formula is C15H36N3O3P. The first-order valence-electron chi connectivity index (χ1n) is 8.06. The molecule has 6 nitrogen and oxygen atoms in total. The smallest absolute Gasteiger partial charge is 0.293 e. The molecule has 7 heteroatoms. The zero-order valence-corrected chi connectivity index (χ0v) is 16.8. The maximum absolute atomic E-state index is 6.12. The molecular weight excluding hydrogens is 301 g/mol. The van der Waals surface area contributed by atoms with E-state index in [0.29, 0.717) is 0 Å². The summed E-state index contributed by atoms with van der Waals surface area (Å²) in [5.41, 5.74) is 0. The van der Waals surface area contributed by atoms with E-state index in [0.717, 1.165) is 19.3 Å². The van der Waals surface area contributed by atoms with Crippen molar-refractivity contribution in [3.8, 4) is 0 Å². The molecule has 0 aliphatic rings. The molecule has 0 rings (SSSR count). The van der Waals surface area contributed by atoms with Crippen LogP contribution in [0.5, 0.6) is 0 Å². The van der Waals surface area contributed by atoms with Crippen LogP contribution < -0.4 is 0 Å². The summed E-state index contributed by atoms with van der Waals surface area (Å²) in [5.74, 6) is 0. The number of nitrogens with zero attached hydrogens (tertiary/aromatic N) is 3. The van der Waals surface area contributed by atoms with Crippen molar-refractivity contribution in [2.45, 2.75) is 58.7 Å². The molecule has 134 valence electrons. The molecule has 0 fully saturated rings. The van der Waals surface area contributed by atoms with Gasteiger partial charge in [0.1, 0.15) is 18.7 Å². The minimum atomic E-state index is -1.42. The van der Waals surface area contributed by atoms with Gasteiger partial charge in [0.05, 0.1) is 0 Å². The Balaban J connectivity index is 4.95. The van der Waals surface area contributed by atoms with Gasteiger partial charge in [-0.1, -0.05) is 20.8 Å². The van der Waals surface area contributed by atoms with Crippen molar-refractivity contribution in [2.75, 3.05) is 42.3 Å². The van der Waals surface area contributed by atoms with Gasteiger partial charge in [0.2, 0.25) is 0 Å². The third kappa shape index (κ3) is 8.16. The van der Waals surface area contributed by atoms with Crippen LogP contribution in [-0.4, -0.2) is 75.7 Å². The zero-order valence-electron chi connectivity index (χ0n) is 15.9. The Kier molecular flexibility index (Phi) is 11.8. The Labute approximate surface area is 138 Å².